The normalized spacial score (nSPS) is 17.3. The van der Waals surface area contributed by atoms with Gasteiger partial charge in [0.15, 0.2) is 0 Å². The number of anilines is 1. The molecule has 2 saturated heterocycles. The van der Waals surface area contributed by atoms with E-state index in [4.69, 9.17) is 16.3 Å². The van der Waals surface area contributed by atoms with Gasteiger partial charge >= 0.3 is 6.18 Å². The SMILES string of the molecule is O=C(NC1CCN(Cc2ccncc2)CC1)c1sc2cc(OC3CCN(c4ccc(C(F)(F)F)cc4)CC3)ccc2c1Cl. The number of nitrogens with zero attached hydrogens (tertiary/aromatic N) is 3. The molecule has 0 unspecified atom stereocenters. The molecule has 1 amide bonds. The van der Waals surface area contributed by atoms with Gasteiger partial charge in [0.2, 0.25) is 0 Å². The van der Waals surface area contributed by atoms with Crippen LogP contribution < -0.4 is 15.0 Å². The quantitative estimate of drug-likeness (QED) is 0.231. The molecule has 0 radical (unpaired) electrons. The lowest BCUT2D eigenvalue weighted by Crippen LogP contribution is -2.44. The van der Waals surface area contributed by atoms with Crippen molar-refractivity contribution in [2.75, 3.05) is 31.1 Å². The third-order valence-electron chi connectivity index (χ3n) is 8.19. The Morgan fingerprint density at radius 3 is 2.35 bits per heavy atom. The van der Waals surface area contributed by atoms with E-state index in [0.717, 1.165) is 73.2 Å². The standard InChI is InChI=1S/C32H32ClF3N4O2S/c33-29-27-6-5-26(42-25-11-17-40(18-12-25)24-3-1-22(2-4-24)32(34,35)36)19-28(27)43-30(29)31(41)38-23-9-15-39(16-10-23)20-21-7-13-37-14-8-21/h1-8,13-14,19,23,25H,9-12,15-18,20H2,(H,38,41). The predicted molar refractivity (Wildman–Crippen MR) is 164 cm³/mol. The summed E-state index contributed by atoms with van der Waals surface area (Å²) in [5.74, 6) is 0.573. The highest BCUT2D eigenvalue weighted by atomic mass is 35.5. The van der Waals surface area contributed by atoms with Crippen molar-refractivity contribution in [3.05, 3.63) is 88.0 Å². The summed E-state index contributed by atoms with van der Waals surface area (Å²) < 4.78 is 45.8. The average Bonchev–Trinajstić information content (AvgIpc) is 3.34. The maximum atomic E-state index is 13.2. The summed E-state index contributed by atoms with van der Waals surface area (Å²) in [5, 5.41) is 4.48. The number of piperidine rings is 2. The number of benzene rings is 2. The maximum Gasteiger partial charge on any atom is 0.416 e. The number of rotatable bonds is 7. The van der Waals surface area contributed by atoms with E-state index in [1.807, 2.05) is 42.7 Å². The number of thiophene rings is 1. The van der Waals surface area contributed by atoms with Crippen LogP contribution in [0.15, 0.2) is 67.0 Å². The third-order valence-corrected chi connectivity index (χ3v) is 9.85. The smallest absolute Gasteiger partial charge is 0.416 e. The van der Waals surface area contributed by atoms with Crippen LogP contribution in [0, 0.1) is 0 Å². The fourth-order valence-corrected chi connectivity index (χ4v) is 7.23. The van der Waals surface area contributed by atoms with Crippen molar-refractivity contribution < 1.29 is 22.7 Å². The Morgan fingerprint density at radius 2 is 1.67 bits per heavy atom. The molecule has 4 heterocycles. The van der Waals surface area contributed by atoms with Gasteiger partial charge in [-0.25, -0.2) is 0 Å². The molecule has 0 spiro atoms. The maximum absolute atomic E-state index is 13.2. The van der Waals surface area contributed by atoms with E-state index >= 15 is 0 Å². The van der Waals surface area contributed by atoms with E-state index in [2.05, 4.69) is 20.1 Å². The summed E-state index contributed by atoms with van der Waals surface area (Å²) in [7, 11) is 0. The summed E-state index contributed by atoms with van der Waals surface area (Å²) >= 11 is 8.03. The molecule has 2 aliphatic rings. The van der Waals surface area contributed by atoms with Crippen molar-refractivity contribution in [1.29, 1.82) is 0 Å². The van der Waals surface area contributed by atoms with Crippen LogP contribution in [0.5, 0.6) is 5.75 Å². The highest BCUT2D eigenvalue weighted by Crippen LogP contribution is 2.38. The van der Waals surface area contributed by atoms with Crippen molar-refractivity contribution in [3.63, 3.8) is 0 Å². The minimum Gasteiger partial charge on any atom is -0.490 e. The zero-order valence-electron chi connectivity index (χ0n) is 23.4. The summed E-state index contributed by atoms with van der Waals surface area (Å²) in [5.41, 5.74) is 1.38. The fraction of sp³-hybridized carbons (Fsp3) is 0.375. The van der Waals surface area contributed by atoms with Crippen molar-refractivity contribution in [2.45, 2.75) is 50.6 Å². The summed E-state index contributed by atoms with van der Waals surface area (Å²) in [6, 6.07) is 15.2. The van der Waals surface area contributed by atoms with Gasteiger partial charge in [-0.05, 0) is 73.0 Å². The second kappa shape index (κ2) is 12.7. The molecule has 4 aromatic rings. The van der Waals surface area contributed by atoms with Gasteiger partial charge in [-0.2, -0.15) is 13.2 Å². The van der Waals surface area contributed by atoms with Crippen LogP contribution in [0.2, 0.25) is 5.02 Å². The number of hydrogen-bond donors (Lipinski definition) is 1. The topological polar surface area (TPSA) is 57.7 Å². The van der Waals surface area contributed by atoms with Gasteiger partial charge in [-0.3, -0.25) is 14.7 Å². The number of likely N-dealkylation sites (tertiary alicyclic amines) is 1. The number of amides is 1. The second-order valence-corrected chi connectivity index (χ2v) is 12.6. The Kier molecular flexibility index (Phi) is 8.79. The lowest BCUT2D eigenvalue weighted by molar-refractivity contribution is -0.137. The number of nitrogens with one attached hydrogen (secondary N) is 1. The molecule has 6 rings (SSSR count). The summed E-state index contributed by atoms with van der Waals surface area (Å²) in [4.78, 5) is 22.3. The molecule has 43 heavy (non-hydrogen) atoms. The number of alkyl halides is 3. The highest BCUT2D eigenvalue weighted by molar-refractivity contribution is 7.21. The molecule has 2 aromatic carbocycles. The van der Waals surface area contributed by atoms with E-state index in [-0.39, 0.29) is 18.1 Å². The minimum absolute atomic E-state index is 0.00854. The van der Waals surface area contributed by atoms with Crippen LogP contribution in [0.1, 0.15) is 46.5 Å². The van der Waals surface area contributed by atoms with Crippen LogP contribution in [0.4, 0.5) is 18.9 Å². The zero-order chi connectivity index (χ0) is 30.0. The number of carbonyl (C=O) groups excluding carboxylic acids is 1. The highest BCUT2D eigenvalue weighted by Gasteiger charge is 2.30. The van der Waals surface area contributed by atoms with Crippen LogP contribution in [0.25, 0.3) is 10.1 Å². The van der Waals surface area contributed by atoms with Gasteiger partial charge in [0.05, 0.1) is 10.6 Å². The Hall–Kier alpha value is -3.34. The molecule has 2 fully saturated rings. The van der Waals surface area contributed by atoms with Crippen LogP contribution in [-0.2, 0) is 12.7 Å². The van der Waals surface area contributed by atoms with E-state index in [0.29, 0.717) is 28.7 Å². The number of aromatic nitrogens is 1. The molecular weight excluding hydrogens is 597 g/mol. The first-order chi connectivity index (χ1) is 20.7. The van der Waals surface area contributed by atoms with E-state index < -0.39 is 11.7 Å². The van der Waals surface area contributed by atoms with Gasteiger partial charge in [0, 0.05) is 79.8 Å². The Labute approximate surface area is 257 Å². The van der Waals surface area contributed by atoms with Crippen molar-refractivity contribution in [3.8, 4) is 5.75 Å². The van der Waals surface area contributed by atoms with Crippen LogP contribution in [-0.4, -0.2) is 54.1 Å². The molecule has 0 saturated carbocycles. The lowest BCUT2D eigenvalue weighted by Gasteiger charge is -2.33. The predicted octanol–water partition coefficient (Wildman–Crippen LogP) is 7.41. The molecular formula is C32H32ClF3N4O2S. The van der Waals surface area contributed by atoms with Crippen LogP contribution in [0.3, 0.4) is 0 Å². The van der Waals surface area contributed by atoms with Crippen molar-refractivity contribution in [1.82, 2.24) is 15.2 Å². The van der Waals surface area contributed by atoms with Gasteiger partial charge in [-0.1, -0.05) is 11.6 Å². The van der Waals surface area contributed by atoms with Gasteiger partial charge in [0.1, 0.15) is 16.7 Å². The van der Waals surface area contributed by atoms with Gasteiger partial charge in [-0.15, -0.1) is 11.3 Å². The Morgan fingerprint density at radius 1 is 0.977 bits per heavy atom. The largest absolute Gasteiger partial charge is 0.490 e. The van der Waals surface area contributed by atoms with Crippen LogP contribution >= 0.6 is 22.9 Å². The number of halogens is 4. The monoisotopic (exact) mass is 628 g/mol. The molecule has 6 nitrogen and oxygen atoms in total. The number of hydrogen-bond acceptors (Lipinski definition) is 6. The molecule has 2 aliphatic heterocycles. The minimum atomic E-state index is -4.34. The molecule has 2 aromatic heterocycles. The molecule has 0 aliphatic carbocycles. The first kappa shape index (κ1) is 29.7. The van der Waals surface area contributed by atoms with Crippen molar-refractivity contribution >= 4 is 44.6 Å². The number of fused-ring (bicyclic) bond motifs is 1. The molecule has 0 bridgehead atoms. The number of pyridine rings is 1. The van der Waals surface area contributed by atoms with Gasteiger partial charge < -0.3 is 15.0 Å². The summed E-state index contributed by atoms with van der Waals surface area (Å²) in [6.07, 6.45) is 2.54. The molecule has 0 atom stereocenters. The summed E-state index contributed by atoms with van der Waals surface area (Å²) in [6.45, 7) is 4.09. The number of carbonyl (C=O) groups is 1. The third kappa shape index (κ3) is 7.08. The van der Waals surface area contributed by atoms with Crippen molar-refractivity contribution in [2.24, 2.45) is 0 Å². The Bertz CT molecular complexity index is 1550. The van der Waals surface area contributed by atoms with Gasteiger partial charge in [0.25, 0.3) is 5.91 Å². The van der Waals surface area contributed by atoms with E-state index in [1.54, 1.807) is 0 Å². The first-order valence-electron chi connectivity index (χ1n) is 14.5. The molecule has 11 heteroatoms. The molecule has 1 N–H and O–H groups in total. The Balaban J connectivity index is 1.02. The second-order valence-electron chi connectivity index (χ2n) is 11.1. The fourth-order valence-electron chi connectivity index (χ4n) is 5.78. The zero-order valence-corrected chi connectivity index (χ0v) is 25.0. The average molecular weight is 629 g/mol. The van der Waals surface area contributed by atoms with E-state index in [1.165, 1.54) is 29.0 Å². The lowest BCUT2D eigenvalue weighted by atomic mass is 10.0. The first-order valence-corrected chi connectivity index (χ1v) is 15.7. The van der Waals surface area contributed by atoms with E-state index in [9.17, 15) is 18.0 Å². The number of ether oxygens (including phenoxy) is 1. The molecule has 226 valence electrons.